The number of ether oxygens (including phenoxy) is 1. The molecule has 3 rings (SSSR count). The van der Waals surface area contributed by atoms with Gasteiger partial charge in [-0.25, -0.2) is 14.7 Å². The molecule has 3 aromatic rings. The van der Waals surface area contributed by atoms with E-state index in [-0.39, 0.29) is 12.3 Å². The minimum Gasteiger partial charge on any atom is -0.465 e. The maximum absolute atomic E-state index is 12.1. The third-order valence-electron chi connectivity index (χ3n) is 3.69. The first-order valence-corrected chi connectivity index (χ1v) is 7.61. The van der Waals surface area contributed by atoms with Crippen LogP contribution in [-0.4, -0.2) is 34.2 Å². The Balaban J connectivity index is 1.79. The molecule has 1 aromatic heterocycles. The number of esters is 1. The van der Waals surface area contributed by atoms with Gasteiger partial charge in [0.25, 0.3) is 0 Å². The van der Waals surface area contributed by atoms with Crippen LogP contribution in [0.15, 0.2) is 41.2 Å². The number of benzene rings is 2. The maximum Gasteiger partial charge on any atom is 0.340 e. The molecule has 8 nitrogen and oxygen atoms in total. The van der Waals surface area contributed by atoms with Crippen molar-refractivity contribution >= 4 is 28.3 Å². The fraction of sp³-hybridized carbons (Fsp3) is 0.176. The molecule has 1 heterocycles. The van der Waals surface area contributed by atoms with E-state index < -0.39 is 11.7 Å². The number of aryl methyl sites for hydroxylation is 1. The van der Waals surface area contributed by atoms with Crippen molar-refractivity contribution in [3.8, 4) is 0 Å². The molecule has 0 fully saturated rings. The van der Waals surface area contributed by atoms with Gasteiger partial charge in [0.15, 0.2) is 0 Å². The van der Waals surface area contributed by atoms with Crippen LogP contribution in [0.2, 0.25) is 0 Å². The number of carbonyl (C=O) groups is 2. The number of aromatic nitrogens is 3. The molecule has 0 aliphatic carbocycles. The topological polar surface area (TPSA) is 117 Å². The van der Waals surface area contributed by atoms with Crippen molar-refractivity contribution in [1.82, 2.24) is 15.2 Å². The second kappa shape index (κ2) is 7.00. The number of hydrogen-bond donors (Lipinski definition) is 3. The molecule has 0 saturated heterocycles. The zero-order valence-corrected chi connectivity index (χ0v) is 13.5. The number of hydrogen-bond acceptors (Lipinski definition) is 5. The number of H-pyrrole nitrogens is 2. The molecular weight excluding hydrogens is 324 g/mol. The summed E-state index contributed by atoms with van der Waals surface area (Å²) in [7, 11) is 1.31. The highest BCUT2D eigenvalue weighted by molar-refractivity contribution is 6.07. The summed E-state index contributed by atoms with van der Waals surface area (Å²) in [5, 5.41) is 10.3. The van der Waals surface area contributed by atoms with Gasteiger partial charge in [0.2, 0.25) is 5.91 Å². The average molecular weight is 340 g/mol. The van der Waals surface area contributed by atoms with E-state index in [4.69, 9.17) is 4.74 Å². The van der Waals surface area contributed by atoms with Crippen molar-refractivity contribution in [2.45, 2.75) is 12.8 Å². The average Bonchev–Trinajstić information content (AvgIpc) is 3.04. The van der Waals surface area contributed by atoms with Crippen LogP contribution in [0.5, 0.6) is 0 Å². The summed E-state index contributed by atoms with van der Waals surface area (Å²) >= 11 is 0. The molecule has 0 bridgehead atoms. The molecule has 0 spiro atoms. The Morgan fingerprint density at radius 1 is 1.24 bits per heavy atom. The van der Waals surface area contributed by atoms with Crippen molar-refractivity contribution in [2.75, 3.05) is 12.4 Å². The van der Waals surface area contributed by atoms with Gasteiger partial charge in [0.1, 0.15) is 5.82 Å². The van der Waals surface area contributed by atoms with Crippen molar-refractivity contribution in [1.29, 1.82) is 0 Å². The number of fused-ring (bicyclic) bond motifs is 1. The SMILES string of the molecule is COC(=O)c1cc(NC(=O)CCc2n[nH]c(=O)[nH]2)cc2ccccc12. The molecule has 0 aliphatic heterocycles. The van der Waals surface area contributed by atoms with Gasteiger partial charge in [0, 0.05) is 18.5 Å². The van der Waals surface area contributed by atoms with Crippen LogP contribution < -0.4 is 11.0 Å². The lowest BCUT2D eigenvalue weighted by atomic mass is 10.0. The van der Waals surface area contributed by atoms with E-state index in [0.29, 0.717) is 23.5 Å². The lowest BCUT2D eigenvalue weighted by molar-refractivity contribution is -0.116. The molecule has 0 unspecified atom stereocenters. The first kappa shape index (κ1) is 16.4. The summed E-state index contributed by atoms with van der Waals surface area (Å²) in [6.45, 7) is 0. The Labute approximate surface area is 142 Å². The maximum atomic E-state index is 12.1. The number of nitrogens with zero attached hydrogens (tertiary/aromatic N) is 1. The van der Waals surface area contributed by atoms with Crippen LogP contribution in [-0.2, 0) is 16.0 Å². The van der Waals surface area contributed by atoms with Gasteiger partial charge in [-0.3, -0.25) is 9.78 Å². The minimum atomic E-state index is -0.471. The highest BCUT2D eigenvalue weighted by Crippen LogP contribution is 2.25. The molecule has 25 heavy (non-hydrogen) atoms. The Kier molecular flexibility index (Phi) is 4.60. The second-order valence-corrected chi connectivity index (χ2v) is 5.41. The smallest absolute Gasteiger partial charge is 0.340 e. The number of amides is 1. The Bertz CT molecular complexity index is 989. The predicted molar refractivity (Wildman–Crippen MR) is 91.4 cm³/mol. The molecule has 0 radical (unpaired) electrons. The van der Waals surface area contributed by atoms with Gasteiger partial charge in [-0.05, 0) is 22.9 Å². The van der Waals surface area contributed by atoms with E-state index in [0.717, 1.165) is 10.8 Å². The number of carbonyl (C=O) groups excluding carboxylic acids is 2. The van der Waals surface area contributed by atoms with E-state index in [2.05, 4.69) is 20.5 Å². The monoisotopic (exact) mass is 340 g/mol. The first-order chi connectivity index (χ1) is 12.1. The summed E-state index contributed by atoms with van der Waals surface area (Å²) in [6.07, 6.45) is 0.434. The van der Waals surface area contributed by atoms with Crippen LogP contribution in [0.3, 0.4) is 0 Å². The van der Waals surface area contributed by atoms with Crippen LogP contribution in [0, 0.1) is 0 Å². The van der Waals surface area contributed by atoms with E-state index >= 15 is 0 Å². The molecule has 0 atom stereocenters. The zero-order valence-electron chi connectivity index (χ0n) is 13.5. The number of anilines is 1. The standard InChI is InChI=1S/C17H16N4O4/c1-25-16(23)13-9-11(8-10-4-2-3-5-12(10)13)18-15(22)7-6-14-19-17(24)21-20-14/h2-5,8-9H,6-7H2,1H3,(H,18,22)(H2,19,20,21,24). The largest absolute Gasteiger partial charge is 0.465 e. The third kappa shape index (κ3) is 3.74. The quantitative estimate of drug-likeness (QED) is 0.610. The summed E-state index contributed by atoms with van der Waals surface area (Å²) in [4.78, 5) is 37.6. The molecule has 0 aliphatic rings. The highest BCUT2D eigenvalue weighted by atomic mass is 16.5. The zero-order chi connectivity index (χ0) is 17.8. The van der Waals surface area contributed by atoms with Crippen LogP contribution in [0.1, 0.15) is 22.6 Å². The first-order valence-electron chi connectivity index (χ1n) is 7.61. The van der Waals surface area contributed by atoms with E-state index in [1.165, 1.54) is 7.11 Å². The van der Waals surface area contributed by atoms with Gasteiger partial charge >= 0.3 is 11.7 Å². The van der Waals surface area contributed by atoms with Crippen molar-refractivity contribution in [3.63, 3.8) is 0 Å². The number of rotatable bonds is 5. The van der Waals surface area contributed by atoms with Crippen molar-refractivity contribution < 1.29 is 14.3 Å². The van der Waals surface area contributed by atoms with Gasteiger partial charge in [-0.15, -0.1) is 0 Å². The van der Waals surface area contributed by atoms with E-state index in [1.807, 2.05) is 24.3 Å². The Morgan fingerprint density at radius 3 is 2.76 bits per heavy atom. The third-order valence-corrected chi connectivity index (χ3v) is 3.69. The van der Waals surface area contributed by atoms with Gasteiger partial charge in [-0.2, -0.15) is 5.10 Å². The normalized spacial score (nSPS) is 10.6. The Hall–Kier alpha value is -3.42. The van der Waals surface area contributed by atoms with Gasteiger partial charge < -0.3 is 10.1 Å². The fourth-order valence-electron chi connectivity index (χ4n) is 2.54. The summed E-state index contributed by atoms with van der Waals surface area (Å²) in [5.74, 6) is -0.315. The van der Waals surface area contributed by atoms with E-state index in [9.17, 15) is 14.4 Å². The molecule has 8 heteroatoms. The van der Waals surface area contributed by atoms with Gasteiger partial charge in [-0.1, -0.05) is 24.3 Å². The minimum absolute atomic E-state index is 0.140. The fourth-order valence-corrected chi connectivity index (χ4v) is 2.54. The van der Waals surface area contributed by atoms with Crippen molar-refractivity contribution in [2.24, 2.45) is 0 Å². The molecule has 1 amide bonds. The number of methoxy groups -OCH3 is 1. The molecule has 0 saturated carbocycles. The number of nitrogens with one attached hydrogen (secondary N) is 3. The highest BCUT2D eigenvalue weighted by Gasteiger charge is 2.13. The summed E-state index contributed by atoms with van der Waals surface area (Å²) in [5.41, 5.74) is 0.472. The molecule has 128 valence electrons. The van der Waals surface area contributed by atoms with Gasteiger partial charge in [0.05, 0.1) is 12.7 Å². The summed E-state index contributed by atoms with van der Waals surface area (Å²) < 4.78 is 4.81. The summed E-state index contributed by atoms with van der Waals surface area (Å²) in [6, 6.07) is 10.7. The van der Waals surface area contributed by atoms with Crippen molar-refractivity contribution in [3.05, 3.63) is 58.3 Å². The molecule has 2 aromatic carbocycles. The van der Waals surface area contributed by atoms with Crippen LogP contribution >= 0.6 is 0 Å². The Morgan fingerprint density at radius 2 is 2.04 bits per heavy atom. The molecule has 3 N–H and O–H groups in total. The second-order valence-electron chi connectivity index (χ2n) is 5.41. The van der Waals surface area contributed by atoms with Crippen LogP contribution in [0.4, 0.5) is 5.69 Å². The molecular formula is C17H16N4O4. The lowest BCUT2D eigenvalue weighted by Gasteiger charge is -2.10. The lowest BCUT2D eigenvalue weighted by Crippen LogP contribution is -2.14. The number of aromatic amines is 2. The van der Waals surface area contributed by atoms with Crippen LogP contribution in [0.25, 0.3) is 10.8 Å². The van der Waals surface area contributed by atoms with E-state index in [1.54, 1.807) is 12.1 Å². The predicted octanol–water partition coefficient (Wildman–Crippen LogP) is 1.61.